The lowest BCUT2D eigenvalue weighted by Gasteiger charge is -2.38. The number of carbonyl (C=O) groups is 1. The van der Waals surface area contributed by atoms with E-state index in [0.29, 0.717) is 41.3 Å². The second kappa shape index (κ2) is 12.1. The lowest BCUT2D eigenvalue weighted by atomic mass is 9.73. The summed E-state index contributed by atoms with van der Waals surface area (Å²) >= 11 is 13.0. The van der Waals surface area contributed by atoms with Crippen molar-refractivity contribution in [1.82, 2.24) is 5.32 Å². The highest BCUT2D eigenvalue weighted by Crippen LogP contribution is 2.45. The summed E-state index contributed by atoms with van der Waals surface area (Å²) in [6, 6.07) is 20.4. The number of aliphatic imine (C=N–C) groups is 1. The number of nitrogens with one attached hydrogen (secondary N) is 1. The quantitative estimate of drug-likeness (QED) is 0.206. The van der Waals surface area contributed by atoms with Crippen molar-refractivity contribution in [2.75, 3.05) is 12.4 Å². The molecule has 0 saturated heterocycles. The molecule has 0 aromatic heterocycles. The Hall–Kier alpha value is -3.70. The van der Waals surface area contributed by atoms with Gasteiger partial charge >= 0.3 is 0 Å². The van der Waals surface area contributed by atoms with Crippen LogP contribution in [0.1, 0.15) is 52.6 Å². The van der Waals surface area contributed by atoms with E-state index < -0.39 is 5.54 Å². The van der Waals surface area contributed by atoms with Crippen molar-refractivity contribution < 1.29 is 9.53 Å². The zero-order valence-corrected chi connectivity index (χ0v) is 25.8. The van der Waals surface area contributed by atoms with Crippen LogP contribution in [0.3, 0.4) is 0 Å². The summed E-state index contributed by atoms with van der Waals surface area (Å²) in [6.07, 6.45) is 8.45. The molecular formula is C37H34Cl2N2O2. The van der Waals surface area contributed by atoms with Gasteiger partial charge < -0.3 is 4.74 Å². The molecule has 1 fully saturated rings. The van der Waals surface area contributed by atoms with Crippen LogP contribution in [0.4, 0.5) is 0 Å². The molecule has 4 nitrogen and oxygen atoms in total. The highest BCUT2D eigenvalue weighted by atomic mass is 35.5. The van der Waals surface area contributed by atoms with Crippen LogP contribution in [0, 0.1) is 12.8 Å². The molecule has 2 heterocycles. The molecule has 1 aliphatic carbocycles. The third kappa shape index (κ3) is 5.80. The lowest BCUT2D eigenvalue weighted by molar-refractivity contribution is -0.111. The normalized spacial score (nSPS) is 20.1. The Labute approximate surface area is 263 Å². The van der Waals surface area contributed by atoms with Crippen LogP contribution in [0.5, 0.6) is 5.75 Å². The minimum absolute atomic E-state index is 0.0390. The summed E-state index contributed by atoms with van der Waals surface area (Å²) < 4.78 is 6.35. The smallest absolute Gasteiger partial charge is 0.181 e. The number of carbonyl (C=O) groups excluding carboxylic acids is 1. The maximum absolute atomic E-state index is 13.6. The van der Waals surface area contributed by atoms with E-state index in [9.17, 15) is 4.79 Å². The Kier molecular flexibility index (Phi) is 8.28. The first-order chi connectivity index (χ1) is 20.8. The molecule has 6 rings (SSSR count). The monoisotopic (exact) mass is 608 g/mol. The number of hydrogen-bond acceptors (Lipinski definition) is 4. The van der Waals surface area contributed by atoms with E-state index in [1.54, 1.807) is 12.3 Å². The van der Waals surface area contributed by atoms with Gasteiger partial charge in [0.2, 0.25) is 0 Å². The van der Waals surface area contributed by atoms with Crippen LogP contribution >= 0.6 is 23.2 Å². The number of nitrogens with zero attached hydrogens (tertiary/aromatic N) is 1. The zero-order valence-electron chi connectivity index (χ0n) is 24.3. The molecule has 0 amide bonds. The molecule has 1 unspecified atom stereocenters. The fourth-order valence-electron chi connectivity index (χ4n) is 6.01. The fraction of sp³-hybridized carbons (Fsp3) is 0.243. The van der Waals surface area contributed by atoms with Crippen molar-refractivity contribution in [3.8, 4) is 5.75 Å². The average Bonchev–Trinajstić information content (AvgIpc) is 3.72. The summed E-state index contributed by atoms with van der Waals surface area (Å²) in [5, 5.41) is 4.26. The molecule has 2 aliphatic heterocycles. The van der Waals surface area contributed by atoms with E-state index in [1.807, 2.05) is 42.6 Å². The Bertz CT molecular complexity index is 1730. The summed E-state index contributed by atoms with van der Waals surface area (Å²) in [6.45, 7) is 11.4. The molecule has 1 N–H and O–H groups in total. The number of ketones is 1. The Morgan fingerprint density at radius 3 is 2.67 bits per heavy atom. The highest BCUT2D eigenvalue weighted by molar-refractivity contribution is 6.32. The number of rotatable bonds is 8. The van der Waals surface area contributed by atoms with E-state index in [4.69, 9.17) is 27.9 Å². The topological polar surface area (TPSA) is 50.7 Å². The molecule has 1 saturated carbocycles. The Morgan fingerprint density at radius 1 is 1.14 bits per heavy atom. The van der Waals surface area contributed by atoms with E-state index in [0.717, 1.165) is 56.5 Å². The van der Waals surface area contributed by atoms with Gasteiger partial charge in [0, 0.05) is 30.4 Å². The molecule has 43 heavy (non-hydrogen) atoms. The highest BCUT2D eigenvalue weighted by Gasteiger charge is 2.41. The molecule has 3 aliphatic rings. The number of alkyl halides is 1. The van der Waals surface area contributed by atoms with E-state index in [2.05, 4.69) is 54.7 Å². The number of ether oxygens (including phenoxy) is 1. The van der Waals surface area contributed by atoms with Crippen LogP contribution < -0.4 is 10.1 Å². The average molecular weight is 610 g/mol. The zero-order chi connectivity index (χ0) is 30.1. The maximum atomic E-state index is 13.6. The van der Waals surface area contributed by atoms with Crippen molar-refractivity contribution >= 4 is 40.8 Å². The molecule has 3 aromatic carbocycles. The van der Waals surface area contributed by atoms with Gasteiger partial charge in [0.05, 0.1) is 10.6 Å². The predicted octanol–water partition coefficient (Wildman–Crippen LogP) is 8.49. The maximum Gasteiger partial charge on any atom is 0.181 e. The van der Waals surface area contributed by atoms with Gasteiger partial charge in [-0.3, -0.25) is 15.1 Å². The van der Waals surface area contributed by atoms with Gasteiger partial charge in [-0.15, -0.1) is 11.6 Å². The summed E-state index contributed by atoms with van der Waals surface area (Å²) in [5.74, 6) is 1.50. The van der Waals surface area contributed by atoms with Crippen LogP contribution in [0.15, 0.2) is 108 Å². The van der Waals surface area contributed by atoms with Gasteiger partial charge in [0.25, 0.3) is 0 Å². The third-order valence-electron chi connectivity index (χ3n) is 8.48. The second-order valence-electron chi connectivity index (χ2n) is 11.5. The molecule has 0 radical (unpaired) electrons. The van der Waals surface area contributed by atoms with Gasteiger partial charge in [-0.2, -0.15) is 0 Å². The molecule has 1 atom stereocenters. The minimum Gasteiger partial charge on any atom is -0.487 e. The first kappa shape index (κ1) is 29.4. The molecule has 6 bridgehead atoms. The predicted molar refractivity (Wildman–Crippen MR) is 177 cm³/mol. The third-order valence-corrected chi connectivity index (χ3v) is 8.98. The Morgan fingerprint density at radius 2 is 1.93 bits per heavy atom. The molecule has 218 valence electrons. The van der Waals surface area contributed by atoms with E-state index >= 15 is 0 Å². The number of allylic oxidation sites excluding steroid dienone is 2. The number of aryl methyl sites for hydroxylation is 1. The minimum atomic E-state index is -0.884. The summed E-state index contributed by atoms with van der Waals surface area (Å²) in [4.78, 5) is 18.1. The number of hydrogen-bond donors (Lipinski definition) is 1. The van der Waals surface area contributed by atoms with Gasteiger partial charge in [-0.05, 0) is 113 Å². The Balaban J connectivity index is 1.63. The van der Waals surface area contributed by atoms with Crippen molar-refractivity contribution in [2.24, 2.45) is 10.9 Å². The summed E-state index contributed by atoms with van der Waals surface area (Å²) in [5.41, 5.74) is 8.07. The van der Waals surface area contributed by atoms with Gasteiger partial charge in [-0.1, -0.05) is 61.2 Å². The fourth-order valence-corrected chi connectivity index (χ4v) is 6.27. The number of fused-ring (bicyclic) bond motifs is 6. The van der Waals surface area contributed by atoms with E-state index in [1.165, 1.54) is 12.8 Å². The van der Waals surface area contributed by atoms with Gasteiger partial charge in [0.1, 0.15) is 12.4 Å². The van der Waals surface area contributed by atoms with Gasteiger partial charge in [0.15, 0.2) is 5.78 Å². The van der Waals surface area contributed by atoms with Crippen molar-refractivity contribution in [2.45, 2.75) is 38.3 Å². The van der Waals surface area contributed by atoms with Crippen LogP contribution in [-0.4, -0.2) is 24.4 Å². The molecule has 6 heteroatoms. The molecule has 0 spiro atoms. The van der Waals surface area contributed by atoms with Crippen LogP contribution in [0.2, 0.25) is 5.02 Å². The first-order valence-corrected chi connectivity index (χ1v) is 15.5. The molecule has 3 aromatic rings. The van der Waals surface area contributed by atoms with Crippen molar-refractivity contribution in [3.63, 3.8) is 0 Å². The van der Waals surface area contributed by atoms with E-state index in [-0.39, 0.29) is 5.78 Å². The van der Waals surface area contributed by atoms with Crippen molar-refractivity contribution in [1.29, 1.82) is 0 Å². The largest absolute Gasteiger partial charge is 0.487 e. The molecular weight excluding hydrogens is 575 g/mol. The van der Waals surface area contributed by atoms with Crippen LogP contribution in [-0.2, 0) is 16.9 Å². The van der Waals surface area contributed by atoms with Gasteiger partial charge in [-0.25, -0.2) is 0 Å². The first-order valence-electron chi connectivity index (χ1n) is 14.6. The van der Waals surface area contributed by atoms with Crippen LogP contribution in [0.25, 0.3) is 5.57 Å². The summed E-state index contributed by atoms with van der Waals surface area (Å²) in [7, 11) is 0. The number of halogens is 2. The standard InChI is InChI=1S/C37H34Cl2N2O2/c1-23-7-10-29-17-31(23)32(19-35(42)24(2)15-26-8-9-26)28-6-4-5-27(16-28)22-43-36-18-30(11-12-34(36)39)37(29,41-14-13-38)33-21-40-20-25(33)3/h4-7,10-12,16-21,26,41H,2-3,8-9,13-15,22H2,1H3/b32-19-. The second-order valence-corrected chi connectivity index (χ2v) is 12.3. The van der Waals surface area contributed by atoms with Crippen molar-refractivity contribution in [3.05, 3.63) is 141 Å². The number of benzene rings is 3. The lowest BCUT2D eigenvalue weighted by Crippen LogP contribution is -2.46. The SMILES string of the molecule is C=C1C=NC=C1C1(NCCCl)c2ccc(Cl)c(c2)OCc2cccc(c2)/C(=C/C(=O)C(=C)CC2CC2)c2cc1ccc2C.